The molecular formula is C13H25NO. The molecule has 0 aromatic rings. The normalized spacial score (nSPS) is 34.2. The Morgan fingerprint density at radius 2 is 1.93 bits per heavy atom. The van der Waals surface area contributed by atoms with E-state index in [9.17, 15) is 5.11 Å². The van der Waals surface area contributed by atoms with Crippen molar-refractivity contribution in [1.82, 2.24) is 5.32 Å². The van der Waals surface area contributed by atoms with Crippen molar-refractivity contribution in [2.75, 3.05) is 13.1 Å². The van der Waals surface area contributed by atoms with E-state index in [2.05, 4.69) is 5.32 Å². The highest BCUT2D eigenvalue weighted by Crippen LogP contribution is 2.31. The molecule has 2 aliphatic rings. The lowest BCUT2D eigenvalue weighted by atomic mass is 9.81. The van der Waals surface area contributed by atoms with E-state index >= 15 is 0 Å². The molecule has 2 rings (SSSR count). The maximum absolute atomic E-state index is 10.3. The fourth-order valence-corrected chi connectivity index (χ4v) is 3.11. The van der Waals surface area contributed by atoms with Gasteiger partial charge in [0.05, 0.1) is 5.60 Å². The Labute approximate surface area is 93.5 Å². The van der Waals surface area contributed by atoms with Gasteiger partial charge in [-0.1, -0.05) is 32.1 Å². The van der Waals surface area contributed by atoms with Crippen LogP contribution in [0.5, 0.6) is 0 Å². The third-order valence-electron chi connectivity index (χ3n) is 4.19. The van der Waals surface area contributed by atoms with Crippen LogP contribution < -0.4 is 5.32 Å². The number of nitrogens with one attached hydrogen (secondary N) is 1. The maximum atomic E-state index is 10.3. The summed E-state index contributed by atoms with van der Waals surface area (Å²) in [6.45, 7) is 1.91. The number of β-amino-alcohol motifs (C(OH)–C–C–N with tert-alkyl or cyclic N) is 1. The molecule has 1 unspecified atom stereocenters. The third kappa shape index (κ3) is 3.46. The second kappa shape index (κ2) is 5.31. The highest BCUT2D eigenvalue weighted by atomic mass is 16.3. The fourth-order valence-electron chi connectivity index (χ4n) is 3.11. The van der Waals surface area contributed by atoms with Crippen molar-refractivity contribution >= 4 is 0 Å². The molecule has 2 fully saturated rings. The summed E-state index contributed by atoms with van der Waals surface area (Å²) < 4.78 is 0. The van der Waals surface area contributed by atoms with Crippen molar-refractivity contribution in [3.63, 3.8) is 0 Å². The van der Waals surface area contributed by atoms with Gasteiger partial charge in [0.2, 0.25) is 0 Å². The minimum Gasteiger partial charge on any atom is -0.389 e. The Hall–Kier alpha value is -0.0800. The predicted molar refractivity (Wildman–Crippen MR) is 62.9 cm³/mol. The Morgan fingerprint density at radius 1 is 1.13 bits per heavy atom. The minimum absolute atomic E-state index is 0.379. The van der Waals surface area contributed by atoms with Gasteiger partial charge < -0.3 is 10.4 Å². The van der Waals surface area contributed by atoms with Crippen LogP contribution in [0.25, 0.3) is 0 Å². The highest BCUT2D eigenvalue weighted by Gasteiger charge is 2.29. The number of rotatable bonds is 3. The largest absolute Gasteiger partial charge is 0.389 e. The Kier molecular flexibility index (Phi) is 4.04. The summed E-state index contributed by atoms with van der Waals surface area (Å²) in [6.07, 6.45) is 11.5. The molecule has 2 heteroatoms. The van der Waals surface area contributed by atoms with E-state index in [1.165, 1.54) is 38.5 Å². The Morgan fingerprint density at radius 3 is 2.60 bits per heavy atom. The molecule has 2 nitrogen and oxygen atoms in total. The van der Waals surface area contributed by atoms with Gasteiger partial charge in [0.15, 0.2) is 0 Å². The van der Waals surface area contributed by atoms with Crippen LogP contribution in [0.15, 0.2) is 0 Å². The number of piperidine rings is 1. The van der Waals surface area contributed by atoms with Gasteiger partial charge in [0, 0.05) is 6.54 Å². The molecule has 0 bridgehead atoms. The molecule has 1 saturated carbocycles. The molecule has 2 N–H and O–H groups in total. The quantitative estimate of drug-likeness (QED) is 0.751. The SMILES string of the molecule is OC1(CCC2CCCCC2)CCCNC1. The summed E-state index contributed by atoms with van der Waals surface area (Å²) in [5, 5.41) is 13.7. The molecule has 1 aliphatic heterocycles. The molecule has 0 amide bonds. The fraction of sp³-hybridized carbons (Fsp3) is 1.00. The van der Waals surface area contributed by atoms with Crippen LogP contribution in [0, 0.1) is 5.92 Å². The van der Waals surface area contributed by atoms with E-state index in [1.807, 2.05) is 0 Å². The third-order valence-corrected chi connectivity index (χ3v) is 4.19. The lowest BCUT2D eigenvalue weighted by Gasteiger charge is -2.34. The zero-order valence-corrected chi connectivity index (χ0v) is 9.80. The molecule has 1 saturated heterocycles. The van der Waals surface area contributed by atoms with Gasteiger partial charge in [-0.25, -0.2) is 0 Å². The van der Waals surface area contributed by atoms with E-state index in [4.69, 9.17) is 0 Å². The Balaban J connectivity index is 1.70. The average Bonchev–Trinajstić information content (AvgIpc) is 2.29. The van der Waals surface area contributed by atoms with Crippen LogP contribution in [0.2, 0.25) is 0 Å². The van der Waals surface area contributed by atoms with Crippen molar-refractivity contribution < 1.29 is 5.11 Å². The highest BCUT2D eigenvalue weighted by molar-refractivity contribution is 4.86. The van der Waals surface area contributed by atoms with Gasteiger partial charge in [0.25, 0.3) is 0 Å². The predicted octanol–water partition coefficient (Wildman–Crippen LogP) is 2.46. The maximum Gasteiger partial charge on any atom is 0.0772 e. The van der Waals surface area contributed by atoms with Gasteiger partial charge in [-0.15, -0.1) is 0 Å². The van der Waals surface area contributed by atoms with Crippen molar-refractivity contribution in [2.24, 2.45) is 5.92 Å². The molecule has 0 spiro atoms. The average molecular weight is 211 g/mol. The smallest absolute Gasteiger partial charge is 0.0772 e. The lowest BCUT2D eigenvalue weighted by molar-refractivity contribution is 0.00184. The van der Waals surface area contributed by atoms with E-state index in [0.717, 1.165) is 38.3 Å². The zero-order chi connectivity index (χ0) is 10.6. The standard InChI is InChI=1S/C13H25NO/c15-13(8-4-10-14-11-13)9-7-12-5-2-1-3-6-12/h12,14-15H,1-11H2. The van der Waals surface area contributed by atoms with Crippen molar-refractivity contribution in [2.45, 2.75) is 63.4 Å². The molecule has 0 aromatic heterocycles. The van der Waals surface area contributed by atoms with Crippen molar-refractivity contribution in [3.8, 4) is 0 Å². The van der Waals surface area contributed by atoms with Crippen LogP contribution in [-0.2, 0) is 0 Å². The summed E-state index contributed by atoms with van der Waals surface area (Å²) in [4.78, 5) is 0. The van der Waals surface area contributed by atoms with E-state index in [0.29, 0.717) is 0 Å². The van der Waals surface area contributed by atoms with Gasteiger partial charge >= 0.3 is 0 Å². The van der Waals surface area contributed by atoms with Gasteiger partial charge in [-0.3, -0.25) is 0 Å². The first-order chi connectivity index (χ1) is 7.29. The van der Waals surface area contributed by atoms with E-state index < -0.39 is 0 Å². The van der Waals surface area contributed by atoms with Gasteiger partial charge in [-0.2, -0.15) is 0 Å². The molecule has 1 atom stereocenters. The molecular weight excluding hydrogens is 186 g/mol. The Bertz CT molecular complexity index is 181. The lowest BCUT2D eigenvalue weighted by Crippen LogP contribution is -2.45. The molecule has 0 radical (unpaired) electrons. The summed E-state index contributed by atoms with van der Waals surface area (Å²) in [7, 11) is 0. The molecule has 1 heterocycles. The van der Waals surface area contributed by atoms with Crippen LogP contribution in [0.3, 0.4) is 0 Å². The zero-order valence-electron chi connectivity index (χ0n) is 9.80. The summed E-state index contributed by atoms with van der Waals surface area (Å²) in [5.41, 5.74) is -0.379. The number of hydrogen-bond acceptors (Lipinski definition) is 2. The van der Waals surface area contributed by atoms with Gasteiger partial charge in [0.1, 0.15) is 0 Å². The second-order valence-corrected chi connectivity index (χ2v) is 5.55. The first kappa shape index (κ1) is 11.4. The summed E-state index contributed by atoms with van der Waals surface area (Å²) in [5.74, 6) is 0.907. The summed E-state index contributed by atoms with van der Waals surface area (Å²) in [6, 6.07) is 0. The molecule has 1 aliphatic carbocycles. The number of hydrogen-bond donors (Lipinski definition) is 2. The summed E-state index contributed by atoms with van der Waals surface area (Å²) >= 11 is 0. The first-order valence-corrected chi connectivity index (χ1v) is 6.72. The van der Waals surface area contributed by atoms with Crippen LogP contribution >= 0.6 is 0 Å². The first-order valence-electron chi connectivity index (χ1n) is 6.72. The van der Waals surface area contributed by atoms with Crippen molar-refractivity contribution in [3.05, 3.63) is 0 Å². The van der Waals surface area contributed by atoms with Crippen LogP contribution in [0.4, 0.5) is 0 Å². The molecule has 88 valence electrons. The van der Waals surface area contributed by atoms with Crippen LogP contribution in [0.1, 0.15) is 57.8 Å². The topological polar surface area (TPSA) is 32.3 Å². The molecule has 15 heavy (non-hydrogen) atoms. The van der Waals surface area contributed by atoms with E-state index in [1.54, 1.807) is 0 Å². The number of aliphatic hydroxyl groups is 1. The van der Waals surface area contributed by atoms with Gasteiger partial charge in [-0.05, 0) is 38.1 Å². The monoisotopic (exact) mass is 211 g/mol. The molecule has 0 aromatic carbocycles. The van der Waals surface area contributed by atoms with Crippen molar-refractivity contribution in [1.29, 1.82) is 0 Å². The second-order valence-electron chi connectivity index (χ2n) is 5.55. The van der Waals surface area contributed by atoms with E-state index in [-0.39, 0.29) is 5.60 Å². The van der Waals surface area contributed by atoms with Crippen LogP contribution in [-0.4, -0.2) is 23.8 Å². The minimum atomic E-state index is -0.379.